The van der Waals surface area contributed by atoms with E-state index in [2.05, 4.69) is 41.4 Å². The van der Waals surface area contributed by atoms with Gasteiger partial charge in [-0.3, -0.25) is 9.89 Å². The quantitative estimate of drug-likeness (QED) is 0.688. The molecule has 0 aromatic heterocycles. The normalized spacial score (nSPS) is 20.4. The van der Waals surface area contributed by atoms with Gasteiger partial charge in [0.1, 0.15) is 5.75 Å². The number of hydrogen-bond acceptors (Lipinski definition) is 4. The van der Waals surface area contributed by atoms with Gasteiger partial charge in [0, 0.05) is 45.4 Å². The number of methoxy groups -OCH3 is 1. The standard InChI is InChI=1S/C22H33N3O/c1-3-4-5-6-19-9-10-24-21(19)16-20-15-18(7-8-22(20)26-2)17-25-13-11-23-12-14-25/h7-10,15,21,23H,3-6,11-14,16-17H2,1-2H3. The summed E-state index contributed by atoms with van der Waals surface area (Å²) in [5.74, 6) is 0.990. The Labute approximate surface area is 158 Å². The maximum absolute atomic E-state index is 5.64. The number of nitrogens with one attached hydrogen (secondary N) is 1. The van der Waals surface area contributed by atoms with E-state index in [-0.39, 0.29) is 6.04 Å². The molecule has 2 heterocycles. The van der Waals surface area contributed by atoms with Crippen LogP contribution in [0.15, 0.2) is 34.8 Å². The van der Waals surface area contributed by atoms with Crippen LogP contribution in [0.25, 0.3) is 0 Å². The highest BCUT2D eigenvalue weighted by molar-refractivity contribution is 5.76. The molecule has 2 aliphatic rings. The van der Waals surface area contributed by atoms with Gasteiger partial charge in [-0.2, -0.15) is 0 Å². The number of benzene rings is 1. The molecule has 0 aliphatic carbocycles. The molecule has 0 bridgehead atoms. The molecule has 1 unspecified atom stereocenters. The Morgan fingerprint density at radius 2 is 2.08 bits per heavy atom. The summed E-state index contributed by atoms with van der Waals surface area (Å²) in [6.07, 6.45) is 10.1. The molecule has 1 aromatic rings. The lowest BCUT2D eigenvalue weighted by Gasteiger charge is -2.27. The third kappa shape index (κ3) is 5.18. The van der Waals surface area contributed by atoms with Crippen molar-refractivity contribution in [3.8, 4) is 5.75 Å². The van der Waals surface area contributed by atoms with Gasteiger partial charge in [0.05, 0.1) is 13.2 Å². The van der Waals surface area contributed by atoms with Crippen molar-refractivity contribution in [1.29, 1.82) is 0 Å². The summed E-state index contributed by atoms with van der Waals surface area (Å²) >= 11 is 0. The summed E-state index contributed by atoms with van der Waals surface area (Å²) < 4.78 is 5.64. The van der Waals surface area contributed by atoms with E-state index in [1.807, 2.05) is 6.21 Å². The molecule has 4 heteroatoms. The van der Waals surface area contributed by atoms with Crippen LogP contribution in [0.2, 0.25) is 0 Å². The van der Waals surface area contributed by atoms with Crippen LogP contribution in [-0.2, 0) is 13.0 Å². The van der Waals surface area contributed by atoms with Gasteiger partial charge in [0.15, 0.2) is 0 Å². The van der Waals surface area contributed by atoms with Gasteiger partial charge in [0.25, 0.3) is 0 Å². The SMILES string of the molecule is CCCCCC1=CC=NC1Cc1cc(CN2CCNCC2)ccc1OC. The first kappa shape index (κ1) is 19.1. The first-order valence-electron chi connectivity index (χ1n) is 10.1. The number of piperazine rings is 1. The molecule has 142 valence electrons. The van der Waals surface area contributed by atoms with Crippen LogP contribution in [0, 0.1) is 0 Å². The second-order valence-corrected chi connectivity index (χ2v) is 7.39. The van der Waals surface area contributed by atoms with Gasteiger partial charge in [-0.15, -0.1) is 0 Å². The highest BCUT2D eigenvalue weighted by Crippen LogP contribution is 2.28. The lowest BCUT2D eigenvalue weighted by molar-refractivity contribution is 0.233. The highest BCUT2D eigenvalue weighted by Gasteiger charge is 2.19. The summed E-state index contributed by atoms with van der Waals surface area (Å²) in [6, 6.07) is 6.96. The lowest BCUT2D eigenvalue weighted by Crippen LogP contribution is -2.42. The Hall–Kier alpha value is -1.65. The Morgan fingerprint density at radius 3 is 2.85 bits per heavy atom. The third-order valence-corrected chi connectivity index (χ3v) is 5.43. The summed E-state index contributed by atoms with van der Waals surface area (Å²) in [4.78, 5) is 7.24. The zero-order chi connectivity index (χ0) is 18.2. The predicted octanol–water partition coefficient (Wildman–Crippen LogP) is 3.60. The van der Waals surface area contributed by atoms with E-state index >= 15 is 0 Å². The van der Waals surface area contributed by atoms with Crippen LogP contribution in [0.5, 0.6) is 5.75 Å². The van der Waals surface area contributed by atoms with Gasteiger partial charge < -0.3 is 10.1 Å². The fraction of sp³-hybridized carbons (Fsp3) is 0.591. The summed E-state index contributed by atoms with van der Waals surface area (Å²) in [5.41, 5.74) is 4.14. The molecule has 1 fully saturated rings. The predicted molar refractivity (Wildman–Crippen MR) is 109 cm³/mol. The minimum Gasteiger partial charge on any atom is -0.496 e. The van der Waals surface area contributed by atoms with Gasteiger partial charge >= 0.3 is 0 Å². The van der Waals surface area contributed by atoms with Crippen LogP contribution in [0.1, 0.15) is 43.7 Å². The van der Waals surface area contributed by atoms with E-state index < -0.39 is 0 Å². The first-order valence-corrected chi connectivity index (χ1v) is 10.1. The maximum Gasteiger partial charge on any atom is 0.122 e. The van der Waals surface area contributed by atoms with Gasteiger partial charge in [-0.05, 0) is 41.7 Å². The Morgan fingerprint density at radius 1 is 1.23 bits per heavy atom. The van der Waals surface area contributed by atoms with Crippen molar-refractivity contribution in [2.75, 3.05) is 33.3 Å². The number of nitrogens with zero attached hydrogens (tertiary/aromatic N) is 2. The topological polar surface area (TPSA) is 36.9 Å². The molecule has 1 N–H and O–H groups in total. The Balaban J connectivity index is 1.66. The third-order valence-electron chi connectivity index (χ3n) is 5.43. The highest BCUT2D eigenvalue weighted by atomic mass is 16.5. The molecular weight excluding hydrogens is 322 g/mol. The fourth-order valence-electron chi connectivity index (χ4n) is 3.89. The fourth-order valence-corrected chi connectivity index (χ4v) is 3.89. The van der Waals surface area contributed by atoms with Crippen LogP contribution < -0.4 is 10.1 Å². The molecule has 2 aliphatic heterocycles. The summed E-state index contributed by atoms with van der Waals surface area (Å²) in [6.45, 7) is 7.70. The Bertz CT molecular complexity index is 632. The number of aliphatic imine (C=N–C) groups is 1. The van der Waals surface area contributed by atoms with Crippen molar-refractivity contribution in [3.05, 3.63) is 41.0 Å². The molecule has 0 saturated carbocycles. The molecule has 4 nitrogen and oxygen atoms in total. The van der Waals surface area contributed by atoms with E-state index in [1.54, 1.807) is 7.11 Å². The van der Waals surface area contributed by atoms with Crippen LogP contribution in [0.4, 0.5) is 0 Å². The molecule has 1 saturated heterocycles. The monoisotopic (exact) mass is 355 g/mol. The van der Waals surface area contributed by atoms with Crippen molar-refractivity contribution in [2.45, 2.75) is 51.6 Å². The molecule has 0 spiro atoms. The largest absolute Gasteiger partial charge is 0.496 e. The van der Waals surface area contributed by atoms with E-state index in [0.717, 1.165) is 44.9 Å². The number of rotatable bonds is 9. The van der Waals surface area contributed by atoms with Gasteiger partial charge in [0.2, 0.25) is 0 Å². The summed E-state index contributed by atoms with van der Waals surface area (Å²) in [7, 11) is 1.77. The molecule has 0 amide bonds. The van der Waals surface area contributed by atoms with Crippen molar-refractivity contribution in [1.82, 2.24) is 10.2 Å². The van der Waals surface area contributed by atoms with Crippen LogP contribution in [-0.4, -0.2) is 50.4 Å². The second-order valence-electron chi connectivity index (χ2n) is 7.39. The number of unbranched alkanes of at least 4 members (excludes halogenated alkanes) is 2. The number of hydrogen-bond donors (Lipinski definition) is 1. The zero-order valence-corrected chi connectivity index (χ0v) is 16.3. The average Bonchev–Trinajstić information content (AvgIpc) is 3.10. The maximum atomic E-state index is 5.64. The molecular formula is C22H33N3O. The second kappa shape index (κ2) is 9.89. The molecule has 1 atom stereocenters. The number of ether oxygens (including phenoxy) is 1. The smallest absolute Gasteiger partial charge is 0.122 e. The first-order chi connectivity index (χ1) is 12.8. The molecule has 0 radical (unpaired) electrons. The van der Waals surface area contributed by atoms with E-state index in [4.69, 9.17) is 9.73 Å². The van der Waals surface area contributed by atoms with E-state index in [0.29, 0.717) is 0 Å². The minimum atomic E-state index is 0.287. The number of allylic oxidation sites excluding steroid dienone is 1. The minimum absolute atomic E-state index is 0.287. The van der Waals surface area contributed by atoms with Gasteiger partial charge in [-0.1, -0.05) is 31.9 Å². The lowest BCUT2D eigenvalue weighted by atomic mass is 9.95. The van der Waals surface area contributed by atoms with Crippen molar-refractivity contribution >= 4 is 6.21 Å². The summed E-state index contributed by atoms with van der Waals surface area (Å²) in [5, 5.41) is 3.42. The molecule has 3 rings (SSSR count). The molecule has 1 aromatic carbocycles. The van der Waals surface area contributed by atoms with Crippen molar-refractivity contribution < 1.29 is 4.74 Å². The van der Waals surface area contributed by atoms with Crippen molar-refractivity contribution in [3.63, 3.8) is 0 Å². The van der Waals surface area contributed by atoms with Crippen LogP contribution >= 0.6 is 0 Å². The van der Waals surface area contributed by atoms with E-state index in [9.17, 15) is 0 Å². The zero-order valence-electron chi connectivity index (χ0n) is 16.3. The van der Waals surface area contributed by atoms with Gasteiger partial charge in [-0.25, -0.2) is 0 Å². The van der Waals surface area contributed by atoms with Crippen molar-refractivity contribution in [2.24, 2.45) is 4.99 Å². The Kier molecular flexibility index (Phi) is 7.27. The van der Waals surface area contributed by atoms with Crippen LogP contribution in [0.3, 0.4) is 0 Å². The average molecular weight is 356 g/mol. The molecule has 26 heavy (non-hydrogen) atoms. The van der Waals surface area contributed by atoms with E-state index in [1.165, 1.54) is 42.4 Å².